The van der Waals surface area contributed by atoms with Crippen LogP contribution in [0.4, 0.5) is 0 Å². The van der Waals surface area contributed by atoms with Crippen LogP contribution in [0.3, 0.4) is 0 Å². The zero-order chi connectivity index (χ0) is 4.99. The van der Waals surface area contributed by atoms with Crippen molar-refractivity contribution in [2.24, 2.45) is 0 Å². The largest absolute Gasteiger partial charge is 0.349 e. The van der Waals surface area contributed by atoms with Crippen LogP contribution < -0.4 is 0 Å². The van der Waals surface area contributed by atoms with E-state index in [4.69, 9.17) is 0 Å². The molecule has 0 saturated heterocycles. The molecule has 0 unspecified atom stereocenters. The van der Waals surface area contributed by atoms with Crippen molar-refractivity contribution in [3.05, 3.63) is 18.1 Å². The molecule has 0 rings (SSSR count). The lowest BCUT2D eigenvalue weighted by Crippen LogP contribution is -1.21. The maximum Gasteiger partial charge on any atom is 0.349 e. The van der Waals surface area contributed by atoms with Crippen molar-refractivity contribution in [2.45, 2.75) is 0 Å². The van der Waals surface area contributed by atoms with Crippen LogP contribution in [0.1, 0.15) is 0 Å². The average molecular weight is 102 g/mol. The van der Waals surface area contributed by atoms with Crippen LogP contribution in [0.5, 0.6) is 0 Å². The Morgan fingerprint density at radius 3 is 2.17 bits per heavy atom. The van der Waals surface area contributed by atoms with Crippen LogP contribution in [0, 0.1) is 0 Å². The summed E-state index contributed by atoms with van der Waals surface area (Å²) >= 11 is 0. The van der Waals surface area contributed by atoms with Crippen molar-refractivity contribution in [1.29, 1.82) is 0 Å². The highest BCUT2D eigenvalue weighted by Gasteiger charge is 1.67. The molecule has 0 N–H and O–H groups in total. The third-order valence-corrected chi connectivity index (χ3v) is 0.590. The Morgan fingerprint density at radius 1 is 1.67 bits per heavy atom. The number of rotatable bonds is 1. The second-order valence-corrected chi connectivity index (χ2v) is 1.45. The summed E-state index contributed by atoms with van der Waals surface area (Å²) in [5, 5.41) is 0. The van der Waals surface area contributed by atoms with Crippen LogP contribution in [-0.4, -0.2) is 0 Å². The average Bonchev–Trinajstić information content (AvgIpc) is 1.35. The first-order valence-electron chi connectivity index (χ1n) is 1.27. The molecule has 0 aliphatic carbocycles. The molecule has 3 heteroatoms. The van der Waals surface area contributed by atoms with Gasteiger partial charge in [0.15, 0.2) is 0 Å². The fraction of sp³-hybridized carbons (Fsp3) is 0. The molecule has 0 aliphatic heterocycles. The van der Waals surface area contributed by atoms with Gasteiger partial charge in [0.25, 0.3) is 0 Å². The number of hydrogen-bond acceptors (Lipinski definition) is 2. The minimum Gasteiger partial charge on any atom is -0.232 e. The molecule has 0 fully saturated rings. The van der Waals surface area contributed by atoms with Crippen molar-refractivity contribution in [2.75, 3.05) is 0 Å². The minimum absolute atomic E-state index is 0.884. The third-order valence-electron chi connectivity index (χ3n) is 0.197. The van der Waals surface area contributed by atoms with E-state index in [1.807, 2.05) is 0 Å². The van der Waals surface area contributed by atoms with E-state index >= 15 is 0 Å². The van der Waals surface area contributed by atoms with Crippen LogP contribution >= 0.6 is 7.68 Å². The molecule has 0 atom stereocenters. The molecule has 0 amide bonds. The predicted molar refractivity (Wildman–Crippen MR) is 22.0 cm³/mol. The van der Waals surface area contributed by atoms with Gasteiger partial charge in [0.2, 0.25) is 0 Å². The molecule has 6 heavy (non-hydrogen) atoms. The lowest BCUT2D eigenvalue weighted by molar-refractivity contribution is 0.522. The van der Waals surface area contributed by atoms with Gasteiger partial charge in [0.05, 0.1) is 5.82 Å². The summed E-state index contributed by atoms with van der Waals surface area (Å²) in [5.74, 6) is 0.884. The van der Waals surface area contributed by atoms with Gasteiger partial charge in [-0.2, -0.15) is 0 Å². The van der Waals surface area contributed by atoms with Crippen LogP contribution in [0.25, 0.3) is 0 Å². The summed E-state index contributed by atoms with van der Waals surface area (Å²) in [6, 6.07) is 0. The zero-order valence-corrected chi connectivity index (χ0v) is 3.94. The third kappa shape index (κ3) is 3.42. The smallest absolute Gasteiger partial charge is 0.232 e. The Hall–Kier alpha value is -0.580. The summed E-state index contributed by atoms with van der Waals surface area (Å²) in [4.78, 5) is 0. The van der Waals surface area contributed by atoms with Crippen molar-refractivity contribution in [1.82, 2.24) is 0 Å². The number of hydrogen-bond donors (Lipinski definition) is 0. The van der Waals surface area contributed by atoms with Gasteiger partial charge in [-0.15, -0.1) is 5.73 Å². The lowest BCUT2D eigenvalue weighted by atomic mass is 11.0. The minimum atomic E-state index is -2.40. The van der Waals surface area contributed by atoms with Gasteiger partial charge in [-0.25, -0.2) is 9.13 Å². The fourth-order valence-electron chi connectivity index (χ4n) is 0.0745. The van der Waals surface area contributed by atoms with Crippen molar-refractivity contribution < 1.29 is 9.13 Å². The van der Waals surface area contributed by atoms with E-state index in [0.717, 1.165) is 5.82 Å². The first-order chi connectivity index (χ1) is 2.77. The quantitative estimate of drug-likeness (QED) is 0.371. The Morgan fingerprint density at radius 2 is 2.17 bits per heavy atom. The molecule has 0 radical (unpaired) electrons. The highest BCUT2D eigenvalue weighted by molar-refractivity contribution is 7.34. The van der Waals surface area contributed by atoms with Crippen molar-refractivity contribution in [3.63, 3.8) is 0 Å². The molecular weight excluding hydrogens is 99.0 g/mol. The molecule has 0 aromatic carbocycles. The molecule has 0 aliphatic rings. The summed E-state index contributed by atoms with van der Waals surface area (Å²) in [6.07, 6.45) is 0. The predicted octanol–water partition coefficient (Wildman–Crippen LogP) is 1.46. The van der Waals surface area contributed by atoms with E-state index in [2.05, 4.69) is 12.3 Å². The summed E-state index contributed by atoms with van der Waals surface area (Å²) < 4.78 is 19.0. The van der Waals surface area contributed by atoms with Gasteiger partial charge in [-0.05, 0) is 0 Å². The SMILES string of the molecule is C=C=CP(=O)=O. The molecular formula is C3H3O2P. The second kappa shape index (κ2) is 2.65. The zero-order valence-electron chi connectivity index (χ0n) is 3.05. The lowest BCUT2D eigenvalue weighted by Gasteiger charge is -1.45. The molecule has 0 spiro atoms. The monoisotopic (exact) mass is 102 g/mol. The van der Waals surface area contributed by atoms with Crippen molar-refractivity contribution >= 4 is 7.68 Å². The van der Waals surface area contributed by atoms with E-state index in [9.17, 15) is 9.13 Å². The topological polar surface area (TPSA) is 34.1 Å². The Labute approximate surface area is 36.0 Å². The maximum absolute atomic E-state index is 9.48. The molecule has 2 nitrogen and oxygen atoms in total. The Kier molecular flexibility index (Phi) is 2.39. The Balaban J connectivity index is 3.98. The standard InChI is InChI=1S/C3H3O2P/c1-2-3-6(4)5/h3H,1H2. The van der Waals surface area contributed by atoms with Crippen LogP contribution in [-0.2, 0) is 9.13 Å². The molecule has 0 aromatic heterocycles. The molecule has 0 heterocycles. The van der Waals surface area contributed by atoms with E-state index in [1.54, 1.807) is 0 Å². The maximum atomic E-state index is 9.48. The van der Waals surface area contributed by atoms with Gasteiger partial charge in [0.1, 0.15) is 0 Å². The molecule has 0 saturated carbocycles. The van der Waals surface area contributed by atoms with Gasteiger partial charge in [-0.3, -0.25) is 0 Å². The van der Waals surface area contributed by atoms with Gasteiger partial charge < -0.3 is 0 Å². The molecule has 0 bridgehead atoms. The highest BCUT2D eigenvalue weighted by Crippen LogP contribution is 1.99. The van der Waals surface area contributed by atoms with Crippen LogP contribution in [0.15, 0.2) is 18.1 Å². The van der Waals surface area contributed by atoms with E-state index in [-0.39, 0.29) is 0 Å². The summed E-state index contributed by atoms with van der Waals surface area (Å²) in [7, 11) is -2.40. The fourth-order valence-corrected chi connectivity index (χ4v) is 0.224. The highest BCUT2D eigenvalue weighted by atomic mass is 31.1. The first kappa shape index (κ1) is 5.42. The molecule has 32 valence electrons. The van der Waals surface area contributed by atoms with E-state index in [0.29, 0.717) is 0 Å². The summed E-state index contributed by atoms with van der Waals surface area (Å²) in [5.41, 5.74) is 2.10. The van der Waals surface area contributed by atoms with Crippen LogP contribution in [0.2, 0.25) is 0 Å². The van der Waals surface area contributed by atoms with Gasteiger partial charge in [-0.1, -0.05) is 6.58 Å². The summed E-state index contributed by atoms with van der Waals surface area (Å²) in [6.45, 7) is 3.04. The normalized spacial score (nSPS) is 6.00. The Bertz CT molecular complexity index is 131. The molecule has 0 aromatic rings. The van der Waals surface area contributed by atoms with E-state index in [1.165, 1.54) is 0 Å². The second-order valence-electron chi connectivity index (χ2n) is 0.619. The van der Waals surface area contributed by atoms with E-state index < -0.39 is 7.68 Å². The van der Waals surface area contributed by atoms with Crippen molar-refractivity contribution in [3.8, 4) is 0 Å². The van der Waals surface area contributed by atoms with Gasteiger partial charge >= 0.3 is 7.68 Å². The first-order valence-corrected chi connectivity index (χ1v) is 2.51. The van der Waals surface area contributed by atoms with Gasteiger partial charge in [0, 0.05) is 0 Å².